The smallest absolute Gasteiger partial charge is 0.227 e. The van der Waals surface area contributed by atoms with Gasteiger partial charge in [-0.05, 0) is 25.3 Å². The number of rotatable bonds is 4. The van der Waals surface area contributed by atoms with Crippen LogP contribution < -0.4 is 0 Å². The quantitative estimate of drug-likeness (QED) is 0.857. The second-order valence-electron chi connectivity index (χ2n) is 6.93. The van der Waals surface area contributed by atoms with Gasteiger partial charge in [0.25, 0.3) is 0 Å². The second kappa shape index (κ2) is 6.65. The summed E-state index contributed by atoms with van der Waals surface area (Å²) in [6, 6.07) is 10.7. The molecule has 2 atom stereocenters. The maximum Gasteiger partial charge on any atom is 0.227 e. The largest absolute Gasteiger partial charge is 0.334 e. The molecule has 0 N–H and O–H groups in total. The summed E-state index contributed by atoms with van der Waals surface area (Å²) in [7, 11) is 0. The van der Waals surface area contributed by atoms with Gasteiger partial charge >= 0.3 is 0 Å². The fourth-order valence-electron chi connectivity index (χ4n) is 3.93. The highest BCUT2D eigenvalue weighted by Gasteiger charge is 2.40. The minimum atomic E-state index is 0.153. The molecule has 126 valence electrons. The predicted molar refractivity (Wildman–Crippen MR) is 95.6 cm³/mol. The van der Waals surface area contributed by atoms with Gasteiger partial charge in [-0.15, -0.1) is 11.3 Å². The molecule has 5 rings (SSSR count). The highest BCUT2D eigenvalue weighted by atomic mass is 32.1. The van der Waals surface area contributed by atoms with Crippen LogP contribution in [0.1, 0.15) is 29.0 Å². The zero-order valence-electron chi connectivity index (χ0n) is 14.0. The first kappa shape index (κ1) is 15.8. The van der Waals surface area contributed by atoms with Gasteiger partial charge in [-0.1, -0.05) is 30.3 Å². The van der Waals surface area contributed by atoms with Crippen molar-refractivity contribution in [3.8, 4) is 0 Å². The summed E-state index contributed by atoms with van der Waals surface area (Å²) in [5, 5.41) is 0. The van der Waals surface area contributed by atoms with Crippen molar-refractivity contribution in [1.29, 1.82) is 0 Å². The summed E-state index contributed by atoms with van der Waals surface area (Å²) in [4.78, 5) is 23.2. The Morgan fingerprint density at radius 2 is 2.00 bits per heavy atom. The number of benzene rings is 1. The van der Waals surface area contributed by atoms with Crippen molar-refractivity contribution in [1.82, 2.24) is 14.8 Å². The summed E-state index contributed by atoms with van der Waals surface area (Å²) in [5.41, 5.74) is 4.27. The van der Waals surface area contributed by atoms with E-state index in [0.717, 1.165) is 44.7 Å². The van der Waals surface area contributed by atoms with E-state index in [2.05, 4.69) is 46.0 Å². The van der Waals surface area contributed by atoms with E-state index in [4.69, 9.17) is 0 Å². The number of fused-ring (bicyclic) bond motifs is 4. The third-order valence-electron chi connectivity index (χ3n) is 5.28. The molecule has 0 aliphatic carbocycles. The van der Waals surface area contributed by atoms with Crippen molar-refractivity contribution >= 4 is 17.2 Å². The number of piperidine rings is 1. The van der Waals surface area contributed by atoms with E-state index in [1.54, 1.807) is 11.3 Å². The van der Waals surface area contributed by atoms with E-state index >= 15 is 0 Å². The number of hydrogen-bond acceptors (Lipinski definition) is 4. The lowest BCUT2D eigenvalue weighted by Gasteiger charge is -2.36. The van der Waals surface area contributed by atoms with Gasteiger partial charge in [0, 0.05) is 37.1 Å². The van der Waals surface area contributed by atoms with Gasteiger partial charge in [-0.3, -0.25) is 9.69 Å². The van der Waals surface area contributed by atoms with Crippen LogP contribution in [-0.4, -0.2) is 39.8 Å². The average Bonchev–Trinajstić information content (AvgIpc) is 2.81. The Morgan fingerprint density at radius 3 is 2.75 bits per heavy atom. The van der Waals surface area contributed by atoms with Crippen molar-refractivity contribution in [3.05, 3.63) is 52.0 Å². The molecule has 24 heavy (non-hydrogen) atoms. The first-order valence-electron chi connectivity index (χ1n) is 8.66. The Kier molecular flexibility index (Phi) is 4.37. The molecule has 2 aromatic rings. The standard InChI is InChI=1S/C19H23N3OS/c1-14-18(24-13-20-14)12-21-10-16-7-8-17(11-21)22(19(16)23)9-15-5-3-2-4-6-15/h2-6,13,16-17H,7-12H2,1H3/t16-,17+/m0/s1. The number of aryl methyl sites for hydroxylation is 1. The predicted octanol–water partition coefficient (Wildman–Crippen LogP) is 3.07. The molecule has 4 nitrogen and oxygen atoms in total. The van der Waals surface area contributed by atoms with Crippen LogP contribution in [0.15, 0.2) is 35.8 Å². The molecule has 1 amide bonds. The van der Waals surface area contributed by atoms with E-state index in [1.165, 1.54) is 10.4 Å². The molecular formula is C19H23N3OS. The molecule has 1 aromatic heterocycles. The van der Waals surface area contributed by atoms with Gasteiger partial charge in [-0.25, -0.2) is 4.98 Å². The minimum absolute atomic E-state index is 0.153. The molecule has 3 saturated heterocycles. The van der Waals surface area contributed by atoms with Gasteiger partial charge in [0.15, 0.2) is 0 Å². The zero-order chi connectivity index (χ0) is 16.5. The van der Waals surface area contributed by atoms with Crippen molar-refractivity contribution in [2.45, 2.75) is 38.9 Å². The van der Waals surface area contributed by atoms with Crippen molar-refractivity contribution in [2.75, 3.05) is 13.1 Å². The van der Waals surface area contributed by atoms with Crippen LogP contribution in [0.5, 0.6) is 0 Å². The zero-order valence-corrected chi connectivity index (χ0v) is 14.8. The Bertz CT molecular complexity index is 714. The topological polar surface area (TPSA) is 36.4 Å². The summed E-state index contributed by atoms with van der Waals surface area (Å²) in [6.07, 6.45) is 2.16. The lowest BCUT2D eigenvalue weighted by Crippen LogP contribution is -2.47. The van der Waals surface area contributed by atoms with Crippen LogP contribution in [0.4, 0.5) is 0 Å². The molecule has 0 unspecified atom stereocenters. The van der Waals surface area contributed by atoms with E-state index in [0.29, 0.717) is 11.9 Å². The van der Waals surface area contributed by atoms with Crippen LogP contribution in [0.25, 0.3) is 0 Å². The SMILES string of the molecule is Cc1ncsc1CN1C[C@@H]2CC[C@H](C1)N(Cc1ccccc1)C2=O. The number of carbonyl (C=O) groups is 1. The molecule has 0 saturated carbocycles. The number of aromatic nitrogens is 1. The first-order chi connectivity index (χ1) is 11.7. The lowest BCUT2D eigenvalue weighted by molar-refractivity contribution is -0.140. The fourth-order valence-corrected chi connectivity index (χ4v) is 4.75. The van der Waals surface area contributed by atoms with Gasteiger partial charge in [0.2, 0.25) is 5.91 Å². The van der Waals surface area contributed by atoms with Gasteiger partial charge in [-0.2, -0.15) is 0 Å². The molecule has 0 radical (unpaired) electrons. The highest BCUT2D eigenvalue weighted by molar-refractivity contribution is 7.09. The van der Waals surface area contributed by atoms with Crippen LogP contribution in [0, 0.1) is 12.8 Å². The number of carbonyl (C=O) groups excluding carboxylic acids is 1. The van der Waals surface area contributed by atoms with Crippen LogP contribution in [-0.2, 0) is 17.9 Å². The lowest BCUT2D eigenvalue weighted by atomic mass is 9.93. The normalized spacial score (nSPS) is 24.4. The monoisotopic (exact) mass is 341 g/mol. The van der Waals surface area contributed by atoms with Gasteiger partial charge in [0.05, 0.1) is 17.1 Å². The number of amides is 1. The molecule has 1 aromatic carbocycles. The van der Waals surface area contributed by atoms with E-state index < -0.39 is 0 Å². The number of hydrogen-bond donors (Lipinski definition) is 0. The Labute approximate surface area is 147 Å². The average molecular weight is 341 g/mol. The minimum Gasteiger partial charge on any atom is -0.334 e. The van der Waals surface area contributed by atoms with Crippen LogP contribution in [0.2, 0.25) is 0 Å². The summed E-state index contributed by atoms with van der Waals surface area (Å²) in [5.74, 6) is 0.499. The van der Waals surface area contributed by atoms with Crippen molar-refractivity contribution in [2.24, 2.45) is 5.92 Å². The Morgan fingerprint density at radius 1 is 1.17 bits per heavy atom. The van der Waals surface area contributed by atoms with Gasteiger partial charge in [0.1, 0.15) is 0 Å². The van der Waals surface area contributed by atoms with E-state index in [9.17, 15) is 4.79 Å². The van der Waals surface area contributed by atoms with Crippen LogP contribution in [0.3, 0.4) is 0 Å². The fraction of sp³-hybridized carbons (Fsp3) is 0.474. The number of thiazole rings is 1. The van der Waals surface area contributed by atoms with E-state index in [-0.39, 0.29) is 5.92 Å². The molecule has 3 fully saturated rings. The maximum absolute atomic E-state index is 12.9. The molecular weight excluding hydrogens is 318 g/mol. The molecule has 3 aliphatic rings. The third kappa shape index (κ3) is 3.10. The molecule has 0 spiro atoms. The molecule has 2 bridgehead atoms. The Hall–Kier alpha value is -1.72. The van der Waals surface area contributed by atoms with E-state index in [1.807, 2.05) is 11.6 Å². The highest BCUT2D eigenvalue weighted by Crippen LogP contribution is 2.31. The summed E-state index contributed by atoms with van der Waals surface area (Å²) < 4.78 is 0. The van der Waals surface area contributed by atoms with Gasteiger partial charge < -0.3 is 4.90 Å². The Balaban J connectivity index is 1.51. The third-order valence-corrected chi connectivity index (χ3v) is 6.20. The van der Waals surface area contributed by atoms with Crippen molar-refractivity contribution < 1.29 is 4.79 Å². The maximum atomic E-state index is 12.9. The number of nitrogens with zero attached hydrogens (tertiary/aromatic N) is 3. The van der Waals surface area contributed by atoms with Crippen LogP contribution >= 0.6 is 11.3 Å². The summed E-state index contributed by atoms with van der Waals surface area (Å²) in [6.45, 7) is 5.61. The molecule has 3 aliphatic heterocycles. The van der Waals surface area contributed by atoms with Crippen molar-refractivity contribution in [3.63, 3.8) is 0 Å². The second-order valence-corrected chi connectivity index (χ2v) is 7.87. The first-order valence-corrected chi connectivity index (χ1v) is 9.54. The summed E-state index contributed by atoms with van der Waals surface area (Å²) >= 11 is 1.73. The molecule has 5 heteroatoms. The molecule has 4 heterocycles.